The second kappa shape index (κ2) is 3.74. The van der Waals surface area contributed by atoms with Gasteiger partial charge in [0.05, 0.1) is 11.3 Å². The Kier molecular flexibility index (Phi) is 2.60. The average Bonchev–Trinajstić information content (AvgIpc) is 2.88. The maximum Gasteiger partial charge on any atom is 0.333 e. The fourth-order valence-electron chi connectivity index (χ4n) is 3.08. The molecule has 0 N–H and O–H groups in total. The van der Waals surface area contributed by atoms with Gasteiger partial charge in [-0.3, -0.25) is 0 Å². The third-order valence-corrected chi connectivity index (χ3v) is 8.20. The fourth-order valence-corrected chi connectivity index (χ4v) is 7.74. The van der Waals surface area contributed by atoms with Gasteiger partial charge >= 0.3 is 5.97 Å². The predicted octanol–water partition coefficient (Wildman–Crippen LogP) is 0.374. The number of rotatable bonds is 2. The van der Waals surface area contributed by atoms with Gasteiger partial charge in [-0.2, -0.15) is 4.31 Å². The van der Waals surface area contributed by atoms with Crippen LogP contribution in [0.15, 0.2) is 12.2 Å². The van der Waals surface area contributed by atoms with Crippen molar-refractivity contribution in [1.29, 1.82) is 0 Å². The standard InChI is InChI=1S/C11H15NO4S2/c1-5(2)11(13)16-9-6-4-7-10(17-6)8(9)12(3)18(7,14)15/h6-10H,1,4H2,2-3H3. The molecule has 7 heteroatoms. The monoisotopic (exact) mass is 289 g/mol. The smallest absolute Gasteiger partial charge is 0.333 e. The first kappa shape index (κ1) is 12.5. The molecule has 0 aromatic rings. The first-order valence-electron chi connectivity index (χ1n) is 5.83. The maximum absolute atomic E-state index is 12.1. The summed E-state index contributed by atoms with van der Waals surface area (Å²) in [5, 5.41) is -0.136. The highest BCUT2D eigenvalue weighted by Gasteiger charge is 2.67. The normalized spacial score (nSPS) is 44.2. The van der Waals surface area contributed by atoms with Gasteiger partial charge in [-0.25, -0.2) is 13.2 Å². The SMILES string of the molecule is C=C(C)C(=O)OC1C2CC3C(S2)C1N(C)S3(=O)=O. The van der Waals surface area contributed by atoms with Gasteiger partial charge in [0.25, 0.3) is 0 Å². The summed E-state index contributed by atoms with van der Waals surface area (Å²) in [5.41, 5.74) is 0.350. The third kappa shape index (κ3) is 1.44. The number of hydrogen-bond donors (Lipinski definition) is 0. The van der Waals surface area contributed by atoms with E-state index < -0.39 is 16.0 Å². The minimum atomic E-state index is -3.20. The van der Waals surface area contributed by atoms with E-state index in [2.05, 4.69) is 6.58 Å². The molecule has 3 aliphatic heterocycles. The quantitative estimate of drug-likeness (QED) is 0.543. The van der Waals surface area contributed by atoms with Crippen LogP contribution in [0, 0.1) is 0 Å². The van der Waals surface area contributed by atoms with E-state index >= 15 is 0 Å². The van der Waals surface area contributed by atoms with Crippen molar-refractivity contribution < 1.29 is 17.9 Å². The molecule has 5 nitrogen and oxygen atoms in total. The van der Waals surface area contributed by atoms with Crippen molar-refractivity contribution in [3.05, 3.63) is 12.2 Å². The largest absolute Gasteiger partial charge is 0.456 e. The zero-order valence-electron chi connectivity index (χ0n) is 10.2. The van der Waals surface area contributed by atoms with E-state index in [1.165, 1.54) is 4.31 Å². The molecule has 0 aliphatic carbocycles. The fraction of sp³-hybridized carbons (Fsp3) is 0.727. The molecule has 100 valence electrons. The molecule has 5 unspecified atom stereocenters. The van der Waals surface area contributed by atoms with Crippen LogP contribution in [-0.4, -0.2) is 53.6 Å². The molecule has 0 aromatic heterocycles. The van der Waals surface area contributed by atoms with Gasteiger partial charge in [0.1, 0.15) is 6.10 Å². The lowest BCUT2D eigenvalue weighted by atomic mass is 9.92. The molecular formula is C11H15NO4S2. The van der Waals surface area contributed by atoms with Crippen LogP contribution in [0.3, 0.4) is 0 Å². The van der Waals surface area contributed by atoms with Crippen LogP contribution < -0.4 is 0 Å². The van der Waals surface area contributed by atoms with E-state index in [4.69, 9.17) is 4.74 Å². The molecular weight excluding hydrogens is 274 g/mol. The Morgan fingerprint density at radius 3 is 2.78 bits per heavy atom. The molecule has 0 aromatic carbocycles. The summed E-state index contributed by atoms with van der Waals surface area (Å²) in [5.74, 6) is -0.428. The summed E-state index contributed by atoms with van der Waals surface area (Å²) < 4.78 is 31.1. The molecule has 0 radical (unpaired) electrons. The number of carbonyl (C=O) groups is 1. The van der Waals surface area contributed by atoms with E-state index in [0.29, 0.717) is 12.0 Å². The Morgan fingerprint density at radius 2 is 2.17 bits per heavy atom. The maximum atomic E-state index is 12.1. The Labute approximate surface area is 111 Å². The van der Waals surface area contributed by atoms with Crippen LogP contribution in [0.5, 0.6) is 0 Å². The summed E-state index contributed by atoms with van der Waals surface area (Å²) in [6, 6.07) is -0.202. The average molecular weight is 289 g/mol. The van der Waals surface area contributed by atoms with Crippen LogP contribution >= 0.6 is 11.8 Å². The Hall–Kier alpha value is -0.530. The van der Waals surface area contributed by atoms with Crippen LogP contribution in [0.4, 0.5) is 0 Å². The molecule has 3 rings (SSSR count). The Balaban J connectivity index is 1.89. The molecule has 0 amide bonds. The van der Waals surface area contributed by atoms with Gasteiger partial charge in [0.2, 0.25) is 10.0 Å². The summed E-state index contributed by atoms with van der Waals surface area (Å²) >= 11 is 1.65. The third-order valence-electron chi connectivity index (χ3n) is 4.00. The highest BCUT2D eigenvalue weighted by Crippen LogP contribution is 2.56. The number of carbonyl (C=O) groups excluding carboxylic acids is 1. The van der Waals surface area contributed by atoms with Crippen molar-refractivity contribution in [2.75, 3.05) is 7.05 Å². The number of hydrogen-bond acceptors (Lipinski definition) is 5. The number of esters is 1. The van der Waals surface area contributed by atoms with E-state index in [0.717, 1.165) is 0 Å². The summed E-state index contributed by atoms with van der Waals surface area (Å²) in [6.45, 7) is 5.15. The molecule has 3 heterocycles. The molecule has 3 saturated heterocycles. The summed E-state index contributed by atoms with van der Waals surface area (Å²) in [4.78, 5) is 11.6. The second-order valence-corrected chi connectivity index (χ2v) is 8.75. The van der Waals surface area contributed by atoms with Crippen LogP contribution in [0.2, 0.25) is 0 Å². The number of thioether (sulfide) groups is 1. The van der Waals surface area contributed by atoms with E-state index in [9.17, 15) is 13.2 Å². The van der Waals surface area contributed by atoms with Gasteiger partial charge in [0.15, 0.2) is 0 Å². The van der Waals surface area contributed by atoms with Crippen molar-refractivity contribution in [2.45, 2.75) is 41.2 Å². The van der Waals surface area contributed by atoms with Gasteiger partial charge in [-0.1, -0.05) is 6.58 Å². The zero-order valence-corrected chi connectivity index (χ0v) is 11.8. The van der Waals surface area contributed by atoms with Crippen LogP contribution in [-0.2, 0) is 19.6 Å². The predicted molar refractivity (Wildman–Crippen MR) is 68.7 cm³/mol. The zero-order chi connectivity index (χ0) is 13.2. The molecule has 3 fully saturated rings. The van der Waals surface area contributed by atoms with Crippen LogP contribution in [0.25, 0.3) is 0 Å². The van der Waals surface area contributed by atoms with Gasteiger partial charge in [0, 0.05) is 23.1 Å². The first-order chi connectivity index (χ1) is 8.34. The van der Waals surface area contributed by atoms with Crippen LogP contribution in [0.1, 0.15) is 13.3 Å². The Bertz CT molecular complexity index is 529. The van der Waals surface area contributed by atoms with Crippen molar-refractivity contribution in [3.8, 4) is 0 Å². The van der Waals surface area contributed by atoms with Gasteiger partial charge in [-0.15, -0.1) is 11.8 Å². The molecule has 5 atom stereocenters. The summed E-state index contributed by atoms with van der Waals surface area (Å²) in [7, 11) is -1.61. The van der Waals surface area contributed by atoms with E-state index in [1.54, 1.807) is 25.7 Å². The first-order valence-corrected chi connectivity index (χ1v) is 8.27. The van der Waals surface area contributed by atoms with Crippen molar-refractivity contribution in [3.63, 3.8) is 0 Å². The highest BCUT2D eigenvalue weighted by molar-refractivity contribution is 8.03. The van der Waals surface area contributed by atoms with E-state index in [-0.39, 0.29) is 27.9 Å². The molecule has 18 heavy (non-hydrogen) atoms. The second-order valence-electron chi connectivity index (χ2n) is 5.12. The number of ether oxygens (including phenoxy) is 1. The number of sulfonamides is 1. The number of likely N-dealkylation sites (N-methyl/N-ethyl adjacent to an activating group) is 1. The lowest BCUT2D eigenvalue weighted by Gasteiger charge is -2.27. The number of fused-ring (bicyclic) bond motifs is 1. The molecule has 2 bridgehead atoms. The highest BCUT2D eigenvalue weighted by atomic mass is 32.2. The summed E-state index contributed by atoms with van der Waals surface area (Å²) in [6.07, 6.45) is 0.259. The Morgan fingerprint density at radius 1 is 1.50 bits per heavy atom. The number of nitrogens with zero attached hydrogens (tertiary/aromatic N) is 1. The van der Waals surface area contributed by atoms with Crippen molar-refractivity contribution >= 4 is 27.8 Å². The topological polar surface area (TPSA) is 63.7 Å². The van der Waals surface area contributed by atoms with Gasteiger partial charge in [-0.05, 0) is 13.3 Å². The lowest BCUT2D eigenvalue weighted by Crippen LogP contribution is -2.45. The molecule has 3 aliphatic rings. The van der Waals surface area contributed by atoms with Crippen molar-refractivity contribution in [1.82, 2.24) is 4.31 Å². The molecule has 0 saturated carbocycles. The van der Waals surface area contributed by atoms with Gasteiger partial charge < -0.3 is 4.74 Å². The molecule has 0 spiro atoms. The lowest BCUT2D eigenvalue weighted by molar-refractivity contribution is -0.146. The minimum Gasteiger partial charge on any atom is -0.456 e. The van der Waals surface area contributed by atoms with E-state index in [1.807, 2.05) is 0 Å². The minimum absolute atomic E-state index is 0.0490. The van der Waals surface area contributed by atoms with Crippen molar-refractivity contribution in [2.24, 2.45) is 0 Å².